The van der Waals surface area contributed by atoms with Crippen LogP contribution in [0.4, 0.5) is 4.39 Å². The molecule has 5 heteroatoms. The van der Waals surface area contributed by atoms with E-state index in [1.165, 1.54) is 10.9 Å². The number of benzene rings is 1. The smallest absolute Gasteiger partial charge is 0.178 e. The maximum absolute atomic E-state index is 13.5. The van der Waals surface area contributed by atoms with Crippen LogP contribution in [-0.2, 0) is 13.0 Å². The Morgan fingerprint density at radius 2 is 2.26 bits per heavy atom. The molecule has 0 fully saturated rings. The molecule has 0 amide bonds. The molecule has 2 aromatic heterocycles. The van der Waals surface area contributed by atoms with E-state index in [1.54, 1.807) is 18.3 Å². The molecule has 2 heterocycles. The average molecular weight is 292 g/mol. The van der Waals surface area contributed by atoms with E-state index < -0.39 is 0 Å². The minimum absolute atomic E-state index is 0.200. The van der Waals surface area contributed by atoms with E-state index >= 15 is 0 Å². The predicted octanol–water partition coefficient (Wildman–Crippen LogP) is 4.45. The van der Waals surface area contributed by atoms with Gasteiger partial charge in [0.15, 0.2) is 4.77 Å². The largest absolute Gasteiger partial charge is 0.330 e. The Morgan fingerprint density at radius 1 is 1.42 bits per heavy atom. The lowest BCUT2D eigenvalue weighted by Gasteiger charge is -2.04. The molecule has 0 aliphatic heterocycles. The summed E-state index contributed by atoms with van der Waals surface area (Å²) in [5.41, 5.74) is 2.38. The second kappa shape index (κ2) is 4.90. The summed E-state index contributed by atoms with van der Waals surface area (Å²) in [6.07, 6.45) is 0.940. The number of aromatic amines is 1. The minimum Gasteiger partial charge on any atom is -0.330 e. The van der Waals surface area contributed by atoms with Gasteiger partial charge >= 0.3 is 0 Å². The van der Waals surface area contributed by atoms with Gasteiger partial charge < -0.3 is 9.55 Å². The molecule has 3 rings (SSSR count). The lowest BCUT2D eigenvalue weighted by molar-refractivity contribution is 0.620. The molecule has 1 aromatic carbocycles. The fourth-order valence-corrected chi connectivity index (χ4v) is 3.18. The van der Waals surface area contributed by atoms with Gasteiger partial charge in [0.2, 0.25) is 0 Å². The van der Waals surface area contributed by atoms with Crippen molar-refractivity contribution < 1.29 is 4.39 Å². The third-order valence-corrected chi connectivity index (χ3v) is 4.48. The molecule has 0 aliphatic rings. The van der Waals surface area contributed by atoms with Crippen molar-refractivity contribution in [3.63, 3.8) is 0 Å². The highest BCUT2D eigenvalue weighted by atomic mass is 32.1. The summed E-state index contributed by atoms with van der Waals surface area (Å²) in [6.45, 7) is 2.58. The summed E-state index contributed by atoms with van der Waals surface area (Å²) in [6, 6.07) is 7.54. The second-order valence-corrected chi connectivity index (χ2v) is 5.95. The van der Waals surface area contributed by atoms with E-state index in [0.717, 1.165) is 24.0 Å². The van der Waals surface area contributed by atoms with Gasteiger partial charge in [-0.2, -0.15) is 0 Å². The van der Waals surface area contributed by atoms with Gasteiger partial charge in [0, 0.05) is 11.4 Å². The summed E-state index contributed by atoms with van der Waals surface area (Å²) >= 11 is 7.07. The topological polar surface area (TPSA) is 20.7 Å². The number of hydrogen-bond acceptors (Lipinski definition) is 2. The van der Waals surface area contributed by atoms with Crippen LogP contribution in [0.15, 0.2) is 29.6 Å². The first-order valence-electron chi connectivity index (χ1n) is 6.06. The quantitative estimate of drug-likeness (QED) is 0.707. The second-order valence-electron chi connectivity index (χ2n) is 4.53. The van der Waals surface area contributed by atoms with E-state index in [0.29, 0.717) is 10.3 Å². The van der Waals surface area contributed by atoms with Crippen LogP contribution < -0.4 is 0 Å². The van der Waals surface area contributed by atoms with Crippen molar-refractivity contribution in [2.24, 2.45) is 0 Å². The van der Waals surface area contributed by atoms with Crippen molar-refractivity contribution >= 4 is 34.6 Å². The van der Waals surface area contributed by atoms with Gasteiger partial charge in [0.1, 0.15) is 5.82 Å². The zero-order valence-electron chi connectivity index (χ0n) is 10.4. The normalized spacial score (nSPS) is 11.3. The highest BCUT2D eigenvalue weighted by molar-refractivity contribution is 7.71. The van der Waals surface area contributed by atoms with Gasteiger partial charge in [-0.3, -0.25) is 0 Å². The number of thiophene rings is 1. The molecule has 0 unspecified atom stereocenters. The number of nitrogens with one attached hydrogen (secondary N) is 1. The summed E-state index contributed by atoms with van der Waals surface area (Å²) in [5, 5.41) is 2.07. The van der Waals surface area contributed by atoms with Crippen LogP contribution in [0, 0.1) is 17.5 Å². The third kappa shape index (κ3) is 2.35. The number of aryl methyl sites for hydroxylation is 3. The van der Waals surface area contributed by atoms with Crippen molar-refractivity contribution in [2.45, 2.75) is 19.9 Å². The monoisotopic (exact) mass is 292 g/mol. The van der Waals surface area contributed by atoms with Gasteiger partial charge in [-0.05, 0) is 54.7 Å². The Labute approximate surface area is 119 Å². The molecule has 1 N–H and O–H groups in total. The maximum Gasteiger partial charge on any atom is 0.178 e. The SMILES string of the molecule is Cc1cc2c(cc1F)[nH]c(=S)n2CCc1cccs1. The first-order valence-corrected chi connectivity index (χ1v) is 7.35. The van der Waals surface area contributed by atoms with Crippen LogP contribution in [0.1, 0.15) is 10.4 Å². The predicted molar refractivity (Wildman–Crippen MR) is 79.8 cm³/mol. The lowest BCUT2D eigenvalue weighted by atomic mass is 10.2. The average Bonchev–Trinajstić information content (AvgIpc) is 2.96. The number of hydrogen-bond donors (Lipinski definition) is 1. The van der Waals surface area contributed by atoms with E-state index in [2.05, 4.69) is 16.4 Å². The van der Waals surface area contributed by atoms with E-state index in [9.17, 15) is 4.39 Å². The van der Waals surface area contributed by atoms with Crippen molar-refractivity contribution in [3.05, 3.63) is 50.7 Å². The fourth-order valence-electron chi connectivity index (χ4n) is 2.18. The minimum atomic E-state index is -0.200. The molecule has 0 bridgehead atoms. The Balaban J connectivity index is 2.00. The zero-order valence-corrected chi connectivity index (χ0v) is 12.1. The van der Waals surface area contributed by atoms with Gasteiger partial charge in [0.25, 0.3) is 0 Å². The molecule has 0 aliphatic carbocycles. The van der Waals surface area contributed by atoms with Gasteiger partial charge in [-0.15, -0.1) is 11.3 Å². The molecule has 0 radical (unpaired) electrons. The molecule has 0 saturated heterocycles. The number of rotatable bonds is 3. The molecule has 98 valence electrons. The molecule has 3 aromatic rings. The van der Waals surface area contributed by atoms with E-state index in [1.807, 2.05) is 16.7 Å². The van der Waals surface area contributed by atoms with Crippen LogP contribution >= 0.6 is 23.6 Å². The number of H-pyrrole nitrogens is 1. The number of imidazole rings is 1. The Bertz CT molecular complexity index is 769. The molecular weight excluding hydrogens is 279 g/mol. The van der Waals surface area contributed by atoms with E-state index in [4.69, 9.17) is 12.2 Å². The summed E-state index contributed by atoms with van der Waals surface area (Å²) < 4.78 is 16.2. The van der Waals surface area contributed by atoms with Crippen LogP contribution in [0.5, 0.6) is 0 Å². The Kier molecular flexibility index (Phi) is 3.24. The van der Waals surface area contributed by atoms with Crippen molar-refractivity contribution in [1.29, 1.82) is 0 Å². The number of aromatic nitrogens is 2. The standard InChI is InChI=1S/C14H13FN2S2/c1-9-7-13-12(8-11(9)15)16-14(18)17(13)5-4-10-3-2-6-19-10/h2-3,6-8H,4-5H2,1H3,(H,16,18). The van der Waals surface area contributed by atoms with Crippen LogP contribution in [-0.4, -0.2) is 9.55 Å². The number of halogens is 1. The molecular formula is C14H13FN2S2. The molecule has 0 saturated carbocycles. The fraction of sp³-hybridized carbons (Fsp3) is 0.214. The highest BCUT2D eigenvalue weighted by Crippen LogP contribution is 2.20. The summed E-state index contributed by atoms with van der Waals surface area (Å²) in [4.78, 5) is 4.40. The summed E-state index contributed by atoms with van der Waals surface area (Å²) in [5.74, 6) is -0.200. The van der Waals surface area contributed by atoms with Crippen LogP contribution in [0.2, 0.25) is 0 Å². The molecule has 2 nitrogen and oxygen atoms in total. The Hall–Kier alpha value is -1.46. The number of fused-ring (bicyclic) bond motifs is 1. The summed E-state index contributed by atoms with van der Waals surface area (Å²) in [7, 11) is 0. The lowest BCUT2D eigenvalue weighted by Crippen LogP contribution is -2.00. The van der Waals surface area contributed by atoms with Crippen LogP contribution in [0.3, 0.4) is 0 Å². The van der Waals surface area contributed by atoms with Gasteiger partial charge in [-0.25, -0.2) is 4.39 Å². The molecule has 0 spiro atoms. The van der Waals surface area contributed by atoms with E-state index in [-0.39, 0.29) is 5.82 Å². The van der Waals surface area contributed by atoms with Crippen molar-refractivity contribution in [1.82, 2.24) is 9.55 Å². The number of nitrogens with zero attached hydrogens (tertiary/aromatic N) is 1. The first-order chi connectivity index (χ1) is 9.15. The highest BCUT2D eigenvalue weighted by Gasteiger charge is 2.08. The van der Waals surface area contributed by atoms with Crippen LogP contribution in [0.25, 0.3) is 11.0 Å². The zero-order chi connectivity index (χ0) is 13.4. The third-order valence-electron chi connectivity index (χ3n) is 3.22. The van der Waals surface area contributed by atoms with Crippen molar-refractivity contribution in [3.8, 4) is 0 Å². The first kappa shape index (κ1) is 12.6. The maximum atomic E-state index is 13.5. The van der Waals surface area contributed by atoms with Gasteiger partial charge in [0.05, 0.1) is 11.0 Å². The van der Waals surface area contributed by atoms with Crippen molar-refractivity contribution in [2.75, 3.05) is 0 Å². The Morgan fingerprint density at radius 3 is 3.00 bits per heavy atom. The van der Waals surface area contributed by atoms with Gasteiger partial charge in [-0.1, -0.05) is 6.07 Å². The molecule has 19 heavy (non-hydrogen) atoms. The molecule has 0 atom stereocenters.